The summed E-state index contributed by atoms with van der Waals surface area (Å²) in [5, 5.41) is 9.64. The van der Waals surface area contributed by atoms with E-state index in [1.165, 1.54) is 6.92 Å². The topological polar surface area (TPSA) is 101 Å². The molecule has 0 radical (unpaired) electrons. The van der Waals surface area contributed by atoms with E-state index >= 15 is 0 Å². The zero-order valence-corrected chi connectivity index (χ0v) is 12.3. The number of hydrogen-bond acceptors (Lipinski definition) is 4. The van der Waals surface area contributed by atoms with Gasteiger partial charge in [-0.15, -0.1) is 0 Å². The van der Waals surface area contributed by atoms with Crippen LogP contribution in [0.3, 0.4) is 0 Å². The molecule has 0 aliphatic carbocycles. The molecule has 0 saturated heterocycles. The first-order valence-electron chi connectivity index (χ1n) is 5.95. The highest BCUT2D eigenvalue weighted by Crippen LogP contribution is 2.17. The number of sulfone groups is 1. The molecular formula is C13H17NO5S. The number of anilines is 1. The van der Waals surface area contributed by atoms with Gasteiger partial charge in [0.1, 0.15) is 11.0 Å². The van der Waals surface area contributed by atoms with Crippen molar-refractivity contribution in [3.63, 3.8) is 0 Å². The molecule has 0 aromatic heterocycles. The van der Waals surface area contributed by atoms with Crippen molar-refractivity contribution in [2.45, 2.75) is 26.0 Å². The first kappa shape index (κ1) is 16.2. The van der Waals surface area contributed by atoms with Crippen LogP contribution in [0.1, 0.15) is 18.1 Å². The van der Waals surface area contributed by atoms with Crippen LogP contribution in [0.2, 0.25) is 0 Å². The fraction of sp³-hybridized carbons (Fsp3) is 0.385. The highest BCUT2D eigenvalue weighted by molar-refractivity contribution is 7.93. The molecule has 0 fully saturated rings. The normalized spacial score (nSPS) is 12.8. The standard InChI is InChI=1S/C13H17NO5S/c1-8-4-5-9(2)11(6-8)14-13(17)10(3)20(18,19)7-12(15)16/h4-6,10H,7H2,1-3H3,(H,14,17)(H,15,16). The van der Waals surface area contributed by atoms with E-state index in [-0.39, 0.29) is 0 Å². The van der Waals surface area contributed by atoms with Gasteiger partial charge in [-0.1, -0.05) is 12.1 Å². The molecule has 0 heterocycles. The first-order chi connectivity index (χ1) is 9.13. The van der Waals surface area contributed by atoms with E-state index in [1.54, 1.807) is 19.1 Å². The molecule has 1 aromatic rings. The zero-order valence-electron chi connectivity index (χ0n) is 11.5. The highest BCUT2D eigenvalue weighted by atomic mass is 32.2. The summed E-state index contributed by atoms with van der Waals surface area (Å²) in [5.41, 5.74) is 2.24. The number of benzene rings is 1. The number of carboxylic acids is 1. The Morgan fingerprint density at radius 2 is 1.90 bits per heavy atom. The molecule has 2 N–H and O–H groups in total. The maximum atomic E-state index is 11.9. The number of nitrogens with one attached hydrogen (secondary N) is 1. The molecule has 20 heavy (non-hydrogen) atoms. The molecule has 1 unspecified atom stereocenters. The molecule has 1 rings (SSSR count). The van der Waals surface area contributed by atoms with Crippen molar-refractivity contribution in [2.75, 3.05) is 11.1 Å². The maximum Gasteiger partial charge on any atom is 0.318 e. The number of carbonyl (C=O) groups is 2. The molecule has 0 aliphatic heterocycles. The third-order valence-corrected chi connectivity index (χ3v) is 4.82. The van der Waals surface area contributed by atoms with Crippen LogP contribution in [0, 0.1) is 13.8 Å². The molecule has 0 saturated carbocycles. The molecule has 1 amide bonds. The van der Waals surface area contributed by atoms with Crippen LogP contribution in [-0.2, 0) is 19.4 Å². The average Bonchev–Trinajstić information content (AvgIpc) is 2.31. The van der Waals surface area contributed by atoms with Crippen LogP contribution in [0.4, 0.5) is 5.69 Å². The number of carboxylic acid groups (broad SMARTS) is 1. The molecule has 0 spiro atoms. The fourth-order valence-corrected chi connectivity index (χ4v) is 2.54. The van der Waals surface area contributed by atoms with E-state index in [1.807, 2.05) is 13.0 Å². The Balaban J connectivity index is 2.91. The van der Waals surface area contributed by atoms with E-state index < -0.39 is 32.7 Å². The molecular weight excluding hydrogens is 282 g/mol. The van der Waals surface area contributed by atoms with Crippen molar-refractivity contribution in [1.29, 1.82) is 0 Å². The number of rotatable bonds is 5. The Kier molecular flexibility index (Phi) is 4.88. The Morgan fingerprint density at radius 1 is 1.30 bits per heavy atom. The average molecular weight is 299 g/mol. The third kappa shape index (κ3) is 4.06. The quantitative estimate of drug-likeness (QED) is 0.849. The lowest BCUT2D eigenvalue weighted by Crippen LogP contribution is -2.36. The van der Waals surface area contributed by atoms with Crippen LogP contribution >= 0.6 is 0 Å². The summed E-state index contributed by atoms with van der Waals surface area (Å²) in [5.74, 6) is -3.27. The Morgan fingerprint density at radius 3 is 2.45 bits per heavy atom. The minimum atomic E-state index is -4.01. The molecule has 1 atom stereocenters. The van der Waals surface area contributed by atoms with E-state index in [0.29, 0.717) is 5.69 Å². The molecule has 110 valence electrons. The van der Waals surface area contributed by atoms with Gasteiger partial charge in [0, 0.05) is 5.69 Å². The Labute approximate surface area is 117 Å². The number of aliphatic carboxylic acids is 1. The van der Waals surface area contributed by atoms with Crippen molar-refractivity contribution in [3.05, 3.63) is 29.3 Å². The van der Waals surface area contributed by atoms with E-state index in [2.05, 4.69) is 5.32 Å². The van der Waals surface area contributed by atoms with Crippen molar-refractivity contribution in [3.8, 4) is 0 Å². The molecule has 1 aromatic carbocycles. The van der Waals surface area contributed by atoms with Crippen LogP contribution in [0.5, 0.6) is 0 Å². The summed E-state index contributed by atoms with van der Waals surface area (Å²) in [7, 11) is -4.01. The Hall–Kier alpha value is -1.89. The van der Waals surface area contributed by atoms with Gasteiger partial charge in [0.15, 0.2) is 9.84 Å². The van der Waals surface area contributed by atoms with Gasteiger partial charge in [-0.05, 0) is 38.0 Å². The van der Waals surface area contributed by atoms with Crippen molar-refractivity contribution >= 4 is 27.4 Å². The third-order valence-electron chi connectivity index (χ3n) is 2.88. The lowest BCUT2D eigenvalue weighted by molar-refractivity contribution is -0.134. The second-order valence-corrected chi connectivity index (χ2v) is 6.97. The van der Waals surface area contributed by atoms with Crippen LogP contribution in [0.25, 0.3) is 0 Å². The maximum absolute atomic E-state index is 11.9. The van der Waals surface area contributed by atoms with Gasteiger partial charge in [-0.2, -0.15) is 0 Å². The second kappa shape index (κ2) is 6.04. The predicted molar refractivity (Wildman–Crippen MR) is 75.4 cm³/mol. The largest absolute Gasteiger partial charge is 0.480 e. The number of amides is 1. The number of aryl methyl sites for hydroxylation is 2. The Bertz CT molecular complexity index is 636. The van der Waals surface area contributed by atoms with E-state index in [0.717, 1.165) is 11.1 Å². The van der Waals surface area contributed by atoms with Crippen molar-refractivity contribution in [2.24, 2.45) is 0 Å². The van der Waals surface area contributed by atoms with E-state index in [4.69, 9.17) is 5.11 Å². The fourth-order valence-electron chi connectivity index (χ4n) is 1.57. The second-order valence-electron chi connectivity index (χ2n) is 4.65. The summed E-state index contributed by atoms with van der Waals surface area (Å²) in [4.78, 5) is 22.4. The molecule has 6 nitrogen and oxygen atoms in total. The zero-order chi connectivity index (χ0) is 15.5. The summed E-state index contributed by atoms with van der Waals surface area (Å²) < 4.78 is 23.4. The number of carbonyl (C=O) groups excluding carboxylic acids is 1. The molecule has 7 heteroatoms. The first-order valence-corrected chi connectivity index (χ1v) is 7.66. The lowest BCUT2D eigenvalue weighted by atomic mass is 10.1. The van der Waals surface area contributed by atoms with Gasteiger partial charge >= 0.3 is 5.97 Å². The van der Waals surface area contributed by atoms with Crippen LogP contribution in [-0.4, -0.2) is 36.4 Å². The SMILES string of the molecule is Cc1ccc(C)c(NC(=O)C(C)S(=O)(=O)CC(=O)O)c1. The van der Waals surface area contributed by atoms with Gasteiger partial charge in [0.25, 0.3) is 0 Å². The van der Waals surface area contributed by atoms with Gasteiger partial charge < -0.3 is 10.4 Å². The molecule has 0 aliphatic rings. The van der Waals surface area contributed by atoms with Gasteiger partial charge in [0.2, 0.25) is 5.91 Å². The smallest absolute Gasteiger partial charge is 0.318 e. The summed E-state index contributed by atoms with van der Waals surface area (Å²) in [6, 6.07) is 5.40. The van der Waals surface area contributed by atoms with Gasteiger partial charge in [-0.3, -0.25) is 9.59 Å². The van der Waals surface area contributed by atoms with Crippen molar-refractivity contribution < 1.29 is 23.1 Å². The van der Waals surface area contributed by atoms with Gasteiger partial charge in [-0.25, -0.2) is 8.42 Å². The summed E-state index contributed by atoms with van der Waals surface area (Å²) >= 11 is 0. The minimum absolute atomic E-state index is 0.521. The lowest BCUT2D eigenvalue weighted by Gasteiger charge is -2.14. The van der Waals surface area contributed by atoms with Crippen molar-refractivity contribution in [1.82, 2.24) is 0 Å². The summed E-state index contributed by atoms with van der Waals surface area (Å²) in [6.45, 7) is 4.81. The van der Waals surface area contributed by atoms with Crippen LogP contribution in [0.15, 0.2) is 18.2 Å². The minimum Gasteiger partial charge on any atom is -0.480 e. The summed E-state index contributed by atoms with van der Waals surface area (Å²) in [6.07, 6.45) is 0. The highest BCUT2D eigenvalue weighted by Gasteiger charge is 2.30. The monoisotopic (exact) mass is 299 g/mol. The van der Waals surface area contributed by atoms with Crippen LogP contribution < -0.4 is 5.32 Å². The number of hydrogen-bond donors (Lipinski definition) is 2. The van der Waals surface area contributed by atoms with E-state index in [9.17, 15) is 18.0 Å². The predicted octanol–water partition coefficient (Wildman–Crippen LogP) is 1.13. The van der Waals surface area contributed by atoms with Gasteiger partial charge in [0.05, 0.1) is 0 Å². The molecule has 0 bridgehead atoms.